The van der Waals surface area contributed by atoms with Crippen molar-refractivity contribution in [3.8, 4) is 0 Å². The van der Waals surface area contributed by atoms with Gasteiger partial charge in [-0.3, -0.25) is 4.79 Å². The van der Waals surface area contributed by atoms with E-state index >= 15 is 0 Å². The van der Waals surface area contributed by atoms with E-state index < -0.39 is 11.9 Å². The van der Waals surface area contributed by atoms with Crippen LogP contribution in [0.2, 0.25) is 0 Å². The molecule has 0 saturated heterocycles. The molecule has 0 amide bonds. The number of carbonyl (C=O) groups is 2. The van der Waals surface area contributed by atoms with Crippen LogP contribution in [0.15, 0.2) is 12.2 Å². The Bertz CT molecular complexity index is 557. The second-order valence-electron chi connectivity index (χ2n) is 12.3. The van der Waals surface area contributed by atoms with Crippen molar-refractivity contribution in [2.24, 2.45) is 0 Å². The number of rotatable bonds is 32. The fourth-order valence-electron chi connectivity index (χ4n) is 5.29. The van der Waals surface area contributed by atoms with Gasteiger partial charge in [0.1, 0.15) is 0 Å². The van der Waals surface area contributed by atoms with E-state index in [1.165, 1.54) is 161 Å². The van der Waals surface area contributed by atoms with Gasteiger partial charge in [-0.2, -0.15) is 0 Å². The molecule has 0 rings (SSSR count). The molecule has 0 fully saturated rings. The number of carboxylic acids is 2. The molecule has 244 valence electrons. The minimum atomic E-state index is -0.843. The highest BCUT2D eigenvalue weighted by molar-refractivity contribution is 5.85. The molecular weight excluding hydrogens is 508 g/mol. The van der Waals surface area contributed by atoms with Gasteiger partial charge in [-0.1, -0.05) is 194 Å². The second kappa shape index (κ2) is 36.7. The molecule has 0 saturated carbocycles. The molecule has 4 heteroatoms. The van der Waals surface area contributed by atoms with Crippen molar-refractivity contribution in [3.05, 3.63) is 12.2 Å². The topological polar surface area (TPSA) is 74.6 Å². The van der Waals surface area contributed by atoms with Gasteiger partial charge in [-0.25, -0.2) is 4.79 Å². The molecular formula is C37H72O4. The minimum Gasteiger partial charge on any atom is -0.481 e. The summed E-state index contributed by atoms with van der Waals surface area (Å²) < 4.78 is 0. The largest absolute Gasteiger partial charge is 0.481 e. The van der Waals surface area contributed by atoms with E-state index in [9.17, 15) is 9.59 Å². The molecule has 4 nitrogen and oxygen atoms in total. The lowest BCUT2D eigenvalue weighted by molar-refractivity contribution is -0.137. The Balaban J connectivity index is 0. The Kier molecular flexibility index (Phi) is 37.4. The van der Waals surface area contributed by atoms with Crippen LogP contribution in [0.4, 0.5) is 0 Å². The van der Waals surface area contributed by atoms with E-state index in [1.807, 2.05) is 0 Å². The van der Waals surface area contributed by atoms with Crippen LogP contribution in [0.5, 0.6) is 0 Å². The van der Waals surface area contributed by atoms with Gasteiger partial charge in [0, 0.05) is 12.0 Å². The van der Waals surface area contributed by atoms with Crippen molar-refractivity contribution in [1.29, 1.82) is 0 Å². The summed E-state index contributed by atoms with van der Waals surface area (Å²) in [6.07, 6.45) is 39.4. The van der Waals surface area contributed by atoms with Gasteiger partial charge in [0.2, 0.25) is 0 Å². The number of aliphatic carboxylic acids is 2. The molecule has 0 spiro atoms. The van der Waals surface area contributed by atoms with Crippen molar-refractivity contribution in [3.63, 3.8) is 0 Å². The predicted octanol–water partition coefficient (Wildman–Crippen LogP) is 12.8. The third-order valence-electron chi connectivity index (χ3n) is 8.13. The van der Waals surface area contributed by atoms with Crippen molar-refractivity contribution in [1.82, 2.24) is 0 Å². The highest BCUT2D eigenvalue weighted by Crippen LogP contribution is 2.15. The number of hydrogen-bond donors (Lipinski definition) is 2. The van der Waals surface area contributed by atoms with Crippen LogP contribution < -0.4 is 0 Å². The van der Waals surface area contributed by atoms with E-state index in [2.05, 4.69) is 20.4 Å². The molecule has 0 atom stereocenters. The zero-order chi connectivity index (χ0) is 30.7. The first-order valence-corrected chi connectivity index (χ1v) is 18.1. The van der Waals surface area contributed by atoms with Crippen molar-refractivity contribution in [2.45, 2.75) is 213 Å². The van der Waals surface area contributed by atoms with Crippen LogP contribution in [0.1, 0.15) is 213 Å². The van der Waals surface area contributed by atoms with E-state index in [1.54, 1.807) is 0 Å². The average Bonchev–Trinajstić information content (AvgIpc) is 2.95. The lowest BCUT2D eigenvalue weighted by Crippen LogP contribution is -1.98. The highest BCUT2D eigenvalue weighted by Gasteiger charge is 2.02. The van der Waals surface area contributed by atoms with E-state index in [0.717, 1.165) is 25.7 Å². The average molecular weight is 581 g/mol. The number of carboxylic acid groups (broad SMARTS) is 2. The van der Waals surface area contributed by atoms with Crippen LogP contribution >= 0.6 is 0 Å². The molecule has 0 heterocycles. The Morgan fingerprint density at radius 3 is 0.829 bits per heavy atom. The zero-order valence-electron chi connectivity index (χ0n) is 27.8. The Morgan fingerprint density at radius 2 is 0.610 bits per heavy atom. The van der Waals surface area contributed by atoms with E-state index in [0.29, 0.717) is 18.4 Å². The summed E-state index contributed by atoms with van der Waals surface area (Å²) in [6, 6.07) is 0. The van der Waals surface area contributed by atoms with Crippen LogP contribution in [0.25, 0.3) is 0 Å². The Hall–Kier alpha value is -1.32. The molecule has 0 aliphatic heterocycles. The first kappa shape index (κ1) is 41.8. The standard InChI is InChI=1S/C19H36O2.C18H36O2/c1-3-4-5-6-7-8-9-10-11-12-13-14-15-16-17-18(2)19(20)21;1-2-3-4-5-6-7-8-9-10-11-12-13-14-15-16-17-18(19)20/h2-17H2,1H3,(H,20,21);2-17H2,1H3,(H,19,20). The fourth-order valence-corrected chi connectivity index (χ4v) is 5.29. The van der Waals surface area contributed by atoms with Gasteiger partial charge in [0.05, 0.1) is 0 Å². The number of unbranched alkanes of at least 4 members (excludes halogenated alkanes) is 27. The zero-order valence-corrected chi connectivity index (χ0v) is 27.8. The van der Waals surface area contributed by atoms with Crippen LogP contribution in [0, 0.1) is 0 Å². The highest BCUT2D eigenvalue weighted by atomic mass is 16.4. The summed E-state index contributed by atoms with van der Waals surface area (Å²) in [5, 5.41) is 17.2. The first-order chi connectivity index (χ1) is 20.0. The molecule has 0 aromatic heterocycles. The van der Waals surface area contributed by atoms with Crippen molar-refractivity contribution in [2.75, 3.05) is 0 Å². The smallest absolute Gasteiger partial charge is 0.330 e. The van der Waals surface area contributed by atoms with Gasteiger partial charge in [-0.05, 0) is 19.3 Å². The number of hydrogen-bond acceptors (Lipinski definition) is 2. The summed E-state index contributed by atoms with van der Waals surface area (Å²) in [7, 11) is 0. The molecule has 0 aliphatic rings. The SMILES string of the molecule is C=C(CCCCCCCCCCCCCCCC)C(=O)O.CCCCCCCCCCCCCCCCCC(=O)O. The summed E-state index contributed by atoms with van der Waals surface area (Å²) in [4.78, 5) is 20.9. The maximum Gasteiger partial charge on any atom is 0.330 e. The van der Waals surface area contributed by atoms with Crippen LogP contribution in [-0.4, -0.2) is 22.2 Å². The molecule has 0 aliphatic carbocycles. The Labute approximate surface area is 256 Å². The third-order valence-corrected chi connectivity index (χ3v) is 8.13. The lowest BCUT2D eigenvalue weighted by atomic mass is 10.0. The quantitative estimate of drug-likeness (QED) is 0.0613. The molecule has 0 aromatic rings. The van der Waals surface area contributed by atoms with E-state index in [4.69, 9.17) is 10.2 Å². The molecule has 41 heavy (non-hydrogen) atoms. The summed E-state index contributed by atoms with van der Waals surface area (Å²) in [6.45, 7) is 8.09. The van der Waals surface area contributed by atoms with Gasteiger partial charge in [0.25, 0.3) is 0 Å². The van der Waals surface area contributed by atoms with E-state index in [-0.39, 0.29) is 0 Å². The first-order valence-electron chi connectivity index (χ1n) is 18.1. The normalized spacial score (nSPS) is 10.8. The summed E-state index contributed by atoms with van der Waals surface area (Å²) in [5.74, 6) is -1.50. The van der Waals surface area contributed by atoms with Crippen molar-refractivity contribution < 1.29 is 19.8 Å². The minimum absolute atomic E-state index is 0.345. The summed E-state index contributed by atoms with van der Waals surface area (Å²) >= 11 is 0. The predicted molar refractivity (Wildman–Crippen MR) is 179 cm³/mol. The molecule has 0 unspecified atom stereocenters. The second-order valence-corrected chi connectivity index (χ2v) is 12.3. The molecule has 0 radical (unpaired) electrons. The van der Waals surface area contributed by atoms with Gasteiger partial charge in [0.15, 0.2) is 0 Å². The van der Waals surface area contributed by atoms with Crippen LogP contribution in [0.3, 0.4) is 0 Å². The summed E-state index contributed by atoms with van der Waals surface area (Å²) in [5.41, 5.74) is 0.355. The Morgan fingerprint density at radius 1 is 0.390 bits per heavy atom. The van der Waals surface area contributed by atoms with Gasteiger partial charge in [-0.15, -0.1) is 0 Å². The third kappa shape index (κ3) is 40.9. The maximum absolute atomic E-state index is 10.6. The molecule has 2 N–H and O–H groups in total. The molecule has 0 aromatic carbocycles. The maximum atomic E-state index is 10.6. The lowest BCUT2D eigenvalue weighted by Gasteiger charge is -2.03. The monoisotopic (exact) mass is 581 g/mol. The van der Waals surface area contributed by atoms with Crippen LogP contribution in [-0.2, 0) is 9.59 Å². The molecule has 0 bridgehead atoms. The van der Waals surface area contributed by atoms with Crippen molar-refractivity contribution >= 4 is 11.9 Å². The van der Waals surface area contributed by atoms with Gasteiger partial charge >= 0.3 is 11.9 Å². The van der Waals surface area contributed by atoms with Gasteiger partial charge < -0.3 is 10.2 Å². The fraction of sp³-hybridized carbons (Fsp3) is 0.892.